The third-order valence-corrected chi connectivity index (χ3v) is 4.37. The largest absolute Gasteiger partial charge is 0.493 e. The molecule has 0 aliphatic rings. The van der Waals surface area contributed by atoms with Crippen LogP contribution >= 0.6 is 15.9 Å². The second kappa shape index (κ2) is 7.99. The Kier molecular flexibility index (Phi) is 5.51. The molecule has 4 heteroatoms. The standard InChI is InChI=1S/C21H18BrNO2/c1-2-25-20-13-12-16(14-18(20)22)21(24)23-19-11-7-6-10-17(19)15-8-4-3-5-9-15/h3-14H,2H2,1H3,(H,23,24). The maximum atomic E-state index is 12.6. The summed E-state index contributed by atoms with van der Waals surface area (Å²) in [5.74, 6) is 0.566. The number of amides is 1. The van der Waals surface area contributed by atoms with Crippen LogP contribution in [0.2, 0.25) is 0 Å². The van der Waals surface area contributed by atoms with Gasteiger partial charge in [-0.05, 0) is 52.7 Å². The maximum absolute atomic E-state index is 12.6. The molecule has 0 aliphatic carbocycles. The van der Waals surface area contributed by atoms with E-state index in [1.54, 1.807) is 18.2 Å². The lowest BCUT2D eigenvalue weighted by Crippen LogP contribution is -2.12. The van der Waals surface area contributed by atoms with E-state index in [4.69, 9.17) is 4.74 Å². The van der Waals surface area contributed by atoms with E-state index in [9.17, 15) is 4.79 Å². The van der Waals surface area contributed by atoms with Crippen LogP contribution in [0.3, 0.4) is 0 Å². The van der Waals surface area contributed by atoms with E-state index >= 15 is 0 Å². The van der Waals surface area contributed by atoms with E-state index in [0.29, 0.717) is 12.2 Å². The number of carbonyl (C=O) groups is 1. The first-order valence-corrected chi connectivity index (χ1v) is 8.86. The van der Waals surface area contributed by atoms with E-state index in [0.717, 1.165) is 27.0 Å². The molecule has 0 saturated carbocycles. The van der Waals surface area contributed by atoms with Gasteiger partial charge >= 0.3 is 0 Å². The van der Waals surface area contributed by atoms with Crippen LogP contribution in [-0.2, 0) is 0 Å². The highest BCUT2D eigenvalue weighted by atomic mass is 79.9. The zero-order valence-corrected chi connectivity index (χ0v) is 15.4. The number of benzene rings is 3. The molecule has 1 amide bonds. The second-order valence-corrected chi connectivity index (χ2v) is 6.30. The average Bonchev–Trinajstić information content (AvgIpc) is 2.64. The quantitative estimate of drug-likeness (QED) is 0.595. The Labute approximate surface area is 155 Å². The Morgan fingerprint density at radius 3 is 2.44 bits per heavy atom. The minimum Gasteiger partial charge on any atom is -0.493 e. The highest BCUT2D eigenvalue weighted by Gasteiger charge is 2.12. The summed E-state index contributed by atoms with van der Waals surface area (Å²) < 4.78 is 6.25. The number of halogens is 1. The Morgan fingerprint density at radius 1 is 1.00 bits per heavy atom. The van der Waals surface area contributed by atoms with Crippen molar-refractivity contribution in [2.24, 2.45) is 0 Å². The molecule has 0 saturated heterocycles. The van der Waals surface area contributed by atoms with Crippen molar-refractivity contribution in [3.8, 4) is 16.9 Å². The summed E-state index contributed by atoms with van der Waals surface area (Å²) in [5.41, 5.74) is 3.40. The highest BCUT2D eigenvalue weighted by Crippen LogP contribution is 2.29. The Balaban J connectivity index is 1.86. The molecule has 0 unspecified atom stereocenters. The minimum atomic E-state index is -0.160. The molecule has 3 aromatic carbocycles. The average molecular weight is 396 g/mol. The molecule has 3 rings (SSSR count). The second-order valence-electron chi connectivity index (χ2n) is 5.44. The van der Waals surface area contributed by atoms with Crippen molar-refractivity contribution in [1.82, 2.24) is 0 Å². The first-order valence-electron chi connectivity index (χ1n) is 8.07. The Bertz CT molecular complexity index is 878. The highest BCUT2D eigenvalue weighted by molar-refractivity contribution is 9.10. The lowest BCUT2D eigenvalue weighted by Gasteiger charge is -2.12. The molecule has 0 radical (unpaired) electrons. The topological polar surface area (TPSA) is 38.3 Å². The number of para-hydroxylation sites is 1. The van der Waals surface area contributed by atoms with Crippen molar-refractivity contribution in [1.29, 1.82) is 0 Å². The maximum Gasteiger partial charge on any atom is 0.255 e. The van der Waals surface area contributed by atoms with Crippen LogP contribution in [0.4, 0.5) is 5.69 Å². The monoisotopic (exact) mass is 395 g/mol. The third kappa shape index (κ3) is 4.09. The van der Waals surface area contributed by atoms with Gasteiger partial charge in [-0.3, -0.25) is 4.79 Å². The van der Waals surface area contributed by atoms with Crippen LogP contribution < -0.4 is 10.1 Å². The zero-order chi connectivity index (χ0) is 17.6. The number of ether oxygens (including phenoxy) is 1. The third-order valence-electron chi connectivity index (χ3n) is 3.75. The van der Waals surface area contributed by atoms with Crippen molar-refractivity contribution in [3.63, 3.8) is 0 Å². The van der Waals surface area contributed by atoms with Crippen LogP contribution in [0.1, 0.15) is 17.3 Å². The fraction of sp³-hybridized carbons (Fsp3) is 0.0952. The predicted molar refractivity (Wildman–Crippen MR) is 105 cm³/mol. The van der Waals surface area contributed by atoms with Crippen molar-refractivity contribution >= 4 is 27.5 Å². The summed E-state index contributed by atoms with van der Waals surface area (Å²) in [6.07, 6.45) is 0. The van der Waals surface area contributed by atoms with Gasteiger partial charge in [0.15, 0.2) is 0 Å². The molecule has 1 N–H and O–H groups in total. The Morgan fingerprint density at radius 2 is 1.72 bits per heavy atom. The molecular weight excluding hydrogens is 378 g/mol. The molecule has 0 fully saturated rings. The van der Waals surface area contributed by atoms with Gasteiger partial charge in [-0.25, -0.2) is 0 Å². The molecule has 3 aromatic rings. The summed E-state index contributed by atoms with van der Waals surface area (Å²) in [4.78, 5) is 12.6. The number of anilines is 1. The van der Waals surface area contributed by atoms with Crippen molar-refractivity contribution in [3.05, 3.63) is 82.8 Å². The minimum absolute atomic E-state index is 0.160. The summed E-state index contributed by atoms with van der Waals surface area (Å²) in [7, 11) is 0. The molecule has 3 nitrogen and oxygen atoms in total. The normalized spacial score (nSPS) is 10.3. The van der Waals surface area contributed by atoms with E-state index in [2.05, 4.69) is 21.2 Å². The molecule has 0 aliphatic heterocycles. The first kappa shape index (κ1) is 17.2. The summed E-state index contributed by atoms with van der Waals surface area (Å²) >= 11 is 3.45. The molecule has 0 heterocycles. The summed E-state index contributed by atoms with van der Waals surface area (Å²) in [6.45, 7) is 2.50. The summed E-state index contributed by atoms with van der Waals surface area (Å²) in [5, 5.41) is 3.00. The predicted octanol–water partition coefficient (Wildman–Crippen LogP) is 5.77. The van der Waals surface area contributed by atoms with Crippen LogP contribution in [0, 0.1) is 0 Å². The smallest absolute Gasteiger partial charge is 0.255 e. The van der Waals surface area contributed by atoms with E-state index in [1.165, 1.54) is 0 Å². The van der Waals surface area contributed by atoms with Crippen LogP contribution in [-0.4, -0.2) is 12.5 Å². The molecule has 0 atom stereocenters. The van der Waals surface area contributed by atoms with E-state index in [1.807, 2.05) is 61.5 Å². The van der Waals surface area contributed by atoms with Crippen molar-refractivity contribution in [2.45, 2.75) is 6.92 Å². The van der Waals surface area contributed by atoms with Gasteiger partial charge in [0.25, 0.3) is 5.91 Å². The van der Waals surface area contributed by atoms with Gasteiger partial charge in [-0.1, -0.05) is 48.5 Å². The number of nitrogens with one attached hydrogen (secondary N) is 1. The van der Waals surface area contributed by atoms with Gasteiger partial charge in [0.05, 0.1) is 11.1 Å². The molecule has 25 heavy (non-hydrogen) atoms. The summed E-state index contributed by atoms with van der Waals surface area (Å²) in [6, 6.07) is 23.1. The van der Waals surface area contributed by atoms with Gasteiger partial charge in [0.2, 0.25) is 0 Å². The van der Waals surface area contributed by atoms with Gasteiger partial charge in [-0.15, -0.1) is 0 Å². The van der Waals surface area contributed by atoms with E-state index in [-0.39, 0.29) is 5.91 Å². The molecule has 0 spiro atoms. The van der Waals surface area contributed by atoms with Gasteiger partial charge in [0.1, 0.15) is 5.75 Å². The van der Waals surface area contributed by atoms with Crippen molar-refractivity contribution < 1.29 is 9.53 Å². The Hall–Kier alpha value is -2.59. The number of hydrogen-bond donors (Lipinski definition) is 1. The molecule has 126 valence electrons. The number of hydrogen-bond acceptors (Lipinski definition) is 2. The SMILES string of the molecule is CCOc1ccc(C(=O)Nc2ccccc2-c2ccccc2)cc1Br. The lowest BCUT2D eigenvalue weighted by atomic mass is 10.0. The van der Waals surface area contributed by atoms with E-state index < -0.39 is 0 Å². The molecule has 0 bridgehead atoms. The fourth-order valence-electron chi connectivity index (χ4n) is 2.57. The lowest BCUT2D eigenvalue weighted by molar-refractivity contribution is 0.102. The molecular formula is C21H18BrNO2. The number of rotatable bonds is 5. The van der Waals surface area contributed by atoms with Gasteiger partial charge in [-0.2, -0.15) is 0 Å². The fourth-order valence-corrected chi connectivity index (χ4v) is 3.06. The van der Waals surface area contributed by atoms with Gasteiger partial charge < -0.3 is 10.1 Å². The van der Waals surface area contributed by atoms with Gasteiger partial charge in [0, 0.05) is 16.8 Å². The number of carbonyl (C=O) groups excluding carboxylic acids is 1. The van der Waals surface area contributed by atoms with Crippen LogP contribution in [0.25, 0.3) is 11.1 Å². The van der Waals surface area contributed by atoms with Crippen molar-refractivity contribution in [2.75, 3.05) is 11.9 Å². The van der Waals surface area contributed by atoms with Crippen LogP contribution in [0.15, 0.2) is 77.3 Å². The first-order chi connectivity index (χ1) is 12.2. The molecule has 0 aromatic heterocycles. The zero-order valence-electron chi connectivity index (χ0n) is 13.8. The van der Waals surface area contributed by atoms with Crippen LogP contribution in [0.5, 0.6) is 5.75 Å².